The second-order valence-corrected chi connectivity index (χ2v) is 8.65. The second kappa shape index (κ2) is 11.9. The van der Waals surface area contributed by atoms with E-state index in [0.29, 0.717) is 29.9 Å². The van der Waals surface area contributed by atoms with Crippen LogP contribution in [0, 0.1) is 5.92 Å². The molecule has 0 atom stereocenters. The maximum atomic E-state index is 12.2. The molecule has 0 spiro atoms. The number of sulfone groups is 1. The number of aliphatic imine (C=N–C) groups is 1. The summed E-state index contributed by atoms with van der Waals surface area (Å²) < 4.78 is 35.5. The van der Waals surface area contributed by atoms with Gasteiger partial charge in [0.05, 0.1) is 10.6 Å². The Morgan fingerprint density at radius 1 is 1.19 bits per heavy atom. The standard InChI is InChI=1S/C19H31N3O4S/c1-20-19(21-10-5-12-26-16-17-8-13-25-14-9-17)22-11-15-27(23,24)18-6-3-2-4-7-18/h2-4,6-7,17H,5,8-16H2,1H3,(H2,20,21,22). The maximum Gasteiger partial charge on any atom is 0.191 e. The van der Waals surface area contributed by atoms with Crippen molar-refractivity contribution in [2.45, 2.75) is 24.2 Å². The molecule has 2 N–H and O–H groups in total. The van der Waals surface area contributed by atoms with E-state index in [1.165, 1.54) is 0 Å². The van der Waals surface area contributed by atoms with Gasteiger partial charge in [-0.25, -0.2) is 8.42 Å². The normalized spacial score (nSPS) is 16.3. The monoisotopic (exact) mass is 397 g/mol. The van der Waals surface area contributed by atoms with E-state index in [4.69, 9.17) is 9.47 Å². The molecule has 1 aliphatic rings. The number of rotatable bonds is 10. The van der Waals surface area contributed by atoms with Gasteiger partial charge in [-0.2, -0.15) is 0 Å². The van der Waals surface area contributed by atoms with Crippen molar-refractivity contribution in [1.82, 2.24) is 10.6 Å². The number of nitrogens with one attached hydrogen (secondary N) is 2. The lowest BCUT2D eigenvalue weighted by Gasteiger charge is -2.21. The van der Waals surface area contributed by atoms with E-state index in [-0.39, 0.29) is 5.75 Å². The van der Waals surface area contributed by atoms with Crippen LogP contribution in [-0.4, -0.2) is 66.7 Å². The van der Waals surface area contributed by atoms with Crippen LogP contribution in [0.1, 0.15) is 19.3 Å². The SMILES string of the molecule is CN=C(NCCCOCC1CCOCC1)NCCS(=O)(=O)c1ccccc1. The van der Waals surface area contributed by atoms with Crippen molar-refractivity contribution < 1.29 is 17.9 Å². The predicted molar refractivity (Wildman–Crippen MR) is 107 cm³/mol. The van der Waals surface area contributed by atoms with Crippen LogP contribution in [0.15, 0.2) is 40.2 Å². The van der Waals surface area contributed by atoms with Crippen LogP contribution < -0.4 is 10.6 Å². The highest BCUT2D eigenvalue weighted by Crippen LogP contribution is 2.14. The Morgan fingerprint density at radius 2 is 1.89 bits per heavy atom. The molecule has 1 saturated heterocycles. The number of benzene rings is 1. The highest BCUT2D eigenvalue weighted by Gasteiger charge is 2.14. The largest absolute Gasteiger partial charge is 0.381 e. The summed E-state index contributed by atoms with van der Waals surface area (Å²) in [6.45, 7) is 4.21. The lowest BCUT2D eigenvalue weighted by molar-refractivity contribution is 0.0203. The highest BCUT2D eigenvalue weighted by molar-refractivity contribution is 7.91. The smallest absolute Gasteiger partial charge is 0.191 e. The van der Waals surface area contributed by atoms with Crippen molar-refractivity contribution in [3.05, 3.63) is 30.3 Å². The van der Waals surface area contributed by atoms with Crippen molar-refractivity contribution >= 4 is 15.8 Å². The molecule has 0 bridgehead atoms. The fourth-order valence-electron chi connectivity index (χ4n) is 2.81. The summed E-state index contributed by atoms with van der Waals surface area (Å²) in [4.78, 5) is 4.46. The molecule has 2 rings (SSSR count). The first-order chi connectivity index (χ1) is 13.1. The van der Waals surface area contributed by atoms with E-state index in [9.17, 15) is 8.42 Å². The molecule has 1 heterocycles. The molecule has 1 aromatic carbocycles. The molecule has 0 amide bonds. The van der Waals surface area contributed by atoms with E-state index in [0.717, 1.165) is 45.6 Å². The van der Waals surface area contributed by atoms with Gasteiger partial charge < -0.3 is 20.1 Å². The molecule has 8 heteroatoms. The van der Waals surface area contributed by atoms with Crippen molar-refractivity contribution in [3.8, 4) is 0 Å². The molecule has 0 unspecified atom stereocenters. The van der Waals surface area contributed by atoms with Crippen molar-refractivity contribution in [2.75, 3.05) is 52.3 Å². The summed E-state index contributed by atoms with van der Waals surface area (Å²) in [5.41, 5.74) is 0. The van der Waals surface area contributed by atoms with Crippen molar-refractivity contribution in [2.24, 2.45) is 10.9 Å². The van der Waals surface area contributed by atoms with Crippen LogP contribution >= 0.6 is 0 Å². The van der Waals surface area contributed by atoms with Crippen molar-refractivity contribution in [1.29, 1.82) is 0 Å². The third-order valence-electron chi connectivity index (χ3n) is 4.44. The Morgan fingerprint density at radius 3 is 2.59 bits per heavy atom. The summed E-state index contributed by atoms with van der Waals surface area (Å²) in [7, 11) is -1.61. The Bertz CT molecular complexity index is 659. The molecule has 1 aliphatic heterocycles. The van der Waals surface area contributed by atoms with Gasteiger partial charge in [0.15, 0.2) is 15.8 Å². The minimum Gasteiger partial charge on any atom is -0.381 e. The lowest BCUT2D eigenvalue weighted by atomic mass is 10.0. The first-order valence-electron chi connectivity index (χ1n) is 9.49. The summed E-state index contributed by atoms with van der Waals surface area (Å²) in [6.07, 6.45) is 3.04. The van der Waals surface area contributed by atoms with Gasteiger partial charge >= 0.3 is 0 Å². The third kappa shape index (κ3) is 8.28. The zero-order chi connectivity index (χ0) is 19.4. The van der Waals surface area contributed by atoms with Crippen LogP contribution in [0.3, 0.4) is 0 Å². The minimum absolute atomic E-state index is 0.0198. The molecular formula is C19H31N3O4S. The van der Waals surface area contributed by atoms with Crippen LogP contribution in [-0.2, 0) is 19.3 Å². The first kappa shape index (κ1) is 21.7. The third-order valence-corrected chi connectivity index (χ3v) is 6.17. The molecule has 152 valence electrons. The predicted octanol–water partition coefficient (Wildman–Crippen LogP) is 1.46. The fraction of sp³-hybridized carbons (Fsp3) is 0.632. The number of ether oxygens (including phenoxy) is 2. The molecular weight excluding hydrogens is 366 g/mol. The number of guanidine groups is 1. The van der Waals surface area contributed by atoms with Gasteiger partial charge in [-0.15, -0.1) is 0 Å². The van der Waals surface area contributed by atoms with Crippen LogP contribution in [0.25, 0.3) is 0 Å². The quantitative estimate of drug-likeness (QED) is 0.353. The van der Waals surface area contributed by atoms with E-state index < -0.39 is 9.84 Å². The number of nitrogens with zero attached hydrogens (tertiary/aromatic N) is 1. The Kier molecular flexibility index (Phi) is 9.58. The molecule has 0 aliphatic carbocycles. The van der Waals surface area contributed by atoms with E-state index >= 15 is 0 Å². The topological polar surface area (TPSA) is 89.0 Å². The average molecular weight is 398 g/mol. The van der Waals surface area contributed by atoms with E-state index in [1.54, 1.807) is 37.4 Å². The second-order valence-electron chi connectivity index (χ2n) is 6.54. The summed E-state index contributed by atoms with van der Waals surface area (Å²) in [5.74, 6) is 1.24. The van der Waals surface area contributed by atoms with E-state index in [1.807, 2.05) is 0 Å². The van der Waals surface area contributed by atoms with Gasteiger partial charge in [-0.1, -0.05) is 18.2 Å². The zero-order valence-corrected chi connectivity index (χ0v) is 16.8. The average Bonchev–Trinajstić information content (AvgIpc) is 2.70. The highest BCUT2D eigenvalue weighted by atomic mass is 32.2. The van der Waals surface area contributed by atoms with Crippen molar-refractivity contribution in [3.63, 3.8) is 0 Å². The van der Waals surface area contributed by atoms with Crippen LogP contribution in [0.4, 0.5) is 0 Å². The fourth-order valence-corrected chi connectivity index (χ4v) is 3.99. The number of hydrogen-bond donors (Lipinski definition) is 2. The van der Waals surface area contributed by atoms with Crippen LogP contribution in [0.5, 0.6) is 0 Å². The lowest BCUT2D eigenvalue weighted by Crippen LogP contribution is -2.40. The molecule has 0 radical (unpaired) electrons. The number of hydrogen-bond acceptors (Lipinski definition) is 5. The maximum absolute atomic E-state index is 12.2. The first-order valence-corrected chi connectivity index (χ1v) is 11.1. The van der Waals surface area contributed by atoms with Gasteiger partial charge in [-0.3, -0.25) is 4.99 Å². The van der Waals surface area contributed by atoms with Gasteiger partial charge in [0.1, 0.15) is 0 Å². The molecule has 1 fully saturated rings. The summed E-state index contributed by atoms with van der Waals surface area (Å²) in [5, 5.41) is 6.22. The van der Waals surface area contributed by atoms with Gasteiger partial charge in [0.25, 0.3) is 0 Å². The minimum atomic E-state index is -3.28. The molecule has 0 saturated carbocycles. The Balaban J connectivity index is 1.56. The molecule has 0 aromatic heterocycles. The Labute approximate surface area is 162 Å². The van der Waals surface area contributed by atoms with Crippen LogP contribution in [0.2, 0.25) is 0 Å². The molecule has 1 aromatic rings. The zero-order valence-electron chi connectivity index (χ0n) is 16.0. The summed E-state index contributed by atoms with van der Waals surface area (Å²) in [6, 6.07) is 8.48. The van der Waals surface area contributed by atoms with E-state index in [2.05, 4.69) is 15.6 Å². The molecule has 7 nitrogen and oxygen atoms in total. The van der Waals surface area contributed by atoms with Gasteiger partial charge in [-0.05, 0) is 37.3 Å². The molecule has 27 heavy (non-hydrogen) atoms. The van der Waals surface area contributed by atoms with Gasteiger partial charge in [0, 0.05) is 46.6 Å². The Hall–Kier alpha value is -1.64. The van der Waals surface area contributed by atoms with Gasteiger partial charge in [0.2, 0.25) is 0 Å². The summed E-state index contributed by atoms with van der Waals surface area (Å²) >= 11 is 0.